The highest BCUT2D eigenvalue weighted by Gasteiger charge is 2.14. The van der Waals surface area contributed by atoms with E-state index in [2.05, 4.69) is 9.91 Å². The van der Waals surface area contributed by atoms with Gasteiger partial charge in [0.05, 0.1) is 17.7 Å². The number of esters is 1. The zero-order chi connectivity index (χ0) is 10.7. The van der Waals surface area contributed by atoms with Crippen LogP contribution in [0.4, 0.5) is 5.69 Å². The first-order chi connectivity index (χ1) is 6.60. The molecule has 0 aromatic heterocycles. The summed E-state index contributed by atoms with van der Waals surface area (Å²) < 4.78 is 4.50. The van der Waals surface area contributed by atoms with Crippen LogP contribution in [0.3, 0.4) is 0 Å². The predicted molar refractivity (Wildman–Crippen MR) is 53.0 cm³/mol. The Labute approximate surface area is 85.8 Å². The summed E-state index contributed by atoms with van der Waals surface area (Å²) in [6.45, 7) is 1.68. The number of nitroso groups, excluding NO2 is 1. The Balaban J connectivity index is 3.33. The van der Waals surface area contributed by atoms with E-state index < -0.39 is 5.97 Å². The minimum atomic E-state index is -0.580. The minimum absolute atomic E-state index is 0.156. The lowest BCUT2D eigenvalue weighted by atomic mass is 10.1. The van der Waals surface area contributed by atoms with Crippen molar-refractivity contribution < 1.29 is 9.53 Å². The fourth-order valence-corrected chi connectivity index (χ4v) is 1.25. The van der Waals surface area contributed by atoms with Crippen molar-refractivity contribution in [3.63, 3.8) is 0 Å². The molecule has 0 N–H and O–H groups in total. The first-order valence-electron chi connectivity index (χ1n) is 3.82. The van der Waals surface area contributed by atoms with Crippen LogP contribution in [0.25, 0.3) is 0 Å². The number of methoxy groups -OCH3 is 1. The molecule has 74 valence electrons. The van der Waals surface area contributed by atoms with Gasteiger partial charge in [0.15, 0.2) is 0 Å². The van der Waals surface area contributed by atoms with Gasteiger partial charge in [-0.25, -0.2) is 4.79 Å². The molecule has 0 heterocycles. The molecule has 0 spiro atoms. The van der Waals surface area contributed by atoms with Crippen molar-refractivity contribution >= 4 is 23.3 Å². The molecule has 0 saturated heterocycles. The van der Waals surface area contributed by atoms with Crippen LogP contribution >= 0.6 is 11.6 Å². The number of hydrogen-bond donors (Lipinski definition) is 0. The average molecular weight is 214 g/mol. The summed E-state index contributed by atoms with van der Waals surface area (Å²) in [6, 6.07) is 2.80. The van der Waals surface area contributed by atoms with E-state index in [1.807, 2.05) is 0 Å². The predicted octanol–water partition coefficient (Wildman–Crippen LogP) is 2.83. The molecule has 0 unspecified atom stereocenters. The Morgan fingerprint density at radius 1 is 1.50 bits per heavy atom. The van der Waals surface area contributed by atoms with Gasteiger partial charge >= 0.3 is 5.97 Å². The summed E-state index contributed by atoms with van der Waals surface area (Å²) in [7, 11) is 1.25. The van der Waals surface area contributed by atoms with Crippen LogP contribution in [0.5, 0.6) is 0 Å². The molecule has 0 saturated carbocycles. The molecule has 0 amide bonds. The molecule has 0 aliphatic rings. The highest BCUT2D eigenvalue weighted by Crippen LogP contribution is 2.27. The molecular formula is C9H8ClNO3. The Kier molecular flexibility index (Phi) is 3.19. The Bertz CT molecular complexity index is 390. The van der Waals surface area contributed by atoms with E-state index in [9.17, 15) is 9.70 Å². The van der Waals surface area contributed by atoms with E-state index >= 15 is 0 Å². The van der Waals surface area contributed by atoms with Gasteiger partial charge in [-0.05, 0) is 29.8 Å². The number of hydrogen-bond acceptors (Lipinski definition) is 4. The number of carbonyl (C=O) groups is 1. The standard InChI is InChI=1S/C9H8ClNO3/c1-5-3-6(11-13)4-7(8(5)10)9(12)14-2/h3-4H,1-2H3. The lowest BCUT2D eigenvalue weighted by Crippen LogP contribution is -2.02. The minimum Gasteiger partial charge on any atom is -0.465 e. The van der Waals surface area contributed by atoms with Gasteiger partial charge in [0, 0.05) is 0 Å². The smallest absolute Gasteiger partial charge is 0.339 e. The molecule has 0 aliphatic heterocycles. The zero-order valence-corrected chi connectivity index (χ0v) is 8.46. The van der Waals surface area contributed by atoms with Crippen molar-refractivity contribution in [3.05, 3.63) is 33.2 Å². The van der Waals surface area contributed by atoms with E-state index in [1.54, 1.807) is 6.92 Å². The largest absolute Gasteiger partial charge is 0.465 e. The zero-order valence-electron chi connectivity index (χ0n) is 7.70. The summed E-state index contributed by atoms with van der Waals surface area (Å²) in [5.74, 6) is -0.580. The van der Waals surface area contributed by atoms with Gasteiger partial charge in [0.2, 0.25) is 0 Å². The number of aryl methyl sites for hydroxylation is 1. The van der Waals surface area contributed by atoms with Gasteiger partial charge < -0.3 is 4.74 Å². The number of carbonyl (C=O) groups excluding carboxylic acids is 1. The highest BCUT2D eigenvalue weighted by atomic mass is 35.5. The van der Waals surface area contributed by atoms with Crippen LogP contribution < -0.4 is 0 Å². The Morgan fingerprint density at radius 3 is 2.64 bits per heavy atom. The van der Waals surface area contributed by atoms with Gasteiger partial charge in [0.25, 0.3) is 0 Å². The fraction of sp³-hybridized carbons (Fsp3) is 0.222. The van der Waals surface area contributed by atoms with Gasteiger partial charge in [-0.1, -0.05) is 11.6 Å². The molecule has 0 fully saturated rings. The van der Waals surface area contributed by atoms with Crippen LogP contribution in [0.1, 0.15) is 15.9 Å². The first-order valence-corrected chi connectivity index (χ1v) is 4.19. The van der Waals surface area contributed by atoms with E-state index in [0.717, 1.165) is 0 Å². The lowest BCUT2D eigenvalue weighted by molar-refractivity contribution is 0.0601. The van der Waals surface area contributed by atoms with Crippen molar-refractivity contribution in [2.75, 3.05) is 7.11 Å². The normalized spacial score (nSPS) is 9.64. The Morgan fingerprint density at radius 2 is 2.14 bits per heavy atom. The number of nitrogens with zero attached hydrogens (tertiary/aromatic N) is 1. The Hall–Kier alpha value is -1.42. The van der Waals surface area contributed by atoms with Crippen LogP contribution in [0.15, 0.2) is 17.3 Å². The van der Waals surface area contributed by atoms with Gasteiger partial charge in [0.1, 0.15) is 5.69 Å². The number of halogens is 1. The maximum atomic E-state index is 11.2. The van der Waals surface area contributed by atoms with Gasteiger partial charge in [-0.15, -0.1) is 4.91 Å². The molecule has 0 atom stereocenters. The van der Waals surface area contributed by atoms with Gasteiger partial charge in [-0.3, -0.25) is 0 Å². The number of ether oxygens (including phenoxy) is 1. The van der Waals surface area contributed by atoms with E-state index in [1.165, 1.54) is 19.2 Å². The summed E-state index contributed by atoms with van der Waals surface area (Å²) in [4.78, 5) is 21.5. The van der Waals surface area contributed by atoms with Crippen LogP contribution in [-0.2, 0) is 4.74 Å². The highest BCUT2D eigenvalue weighted by molar-refractivity contribution is 6.34. The SMILES string of the molecule is COC(=O)c1cc(N=O)cc(C)c1Cl. The summed E-state index contributed by atoms with van der Waals surface area (Å²) in [5.41, 5.74) is 0.931. The van der Waals surface area contributed by atoms with Crippen molar-refractivity contribution in [2.45, 2.75) is 6.92 Å². The topological polar surface area (TPSA) is 55.7 Å². The molecule has 0 radical (unpaired) electrons. The summed E-state index contributed by atoms with van der Waals surface area (Å²) in [6.07, 6.45) is 0. The fourth-order valence-electron chi connectivity index (χ4n) is 1.06. The number of rotatable bonds is 2. The molecule has 0 aliphatic carbocycles. The lowest BCUT2D eigenvalue weighted by Gasteiger charge is -2.05. The van der Waals surface area contributed by atoms with Gasteiger partial charge in [-0.2, -0.15) is 0 Å². The summed E-state index contributed by atoms with van der Waals surface area (Å²) in [5, 5.41) is 3.02. The van der Waals surface area contributed by atoms with Crippen molar-refractivity contribution in [1.82, 2.24) is 0 Å². The molecule has 4 nitrogen and oxygen atoms in total. The van der Waals surface area contributed by atoms with Crippen LogP contribution in [0, 0.1) is 11.8 Å². The third-order valence-corrected chi connectivity index (χ3v) is 2.25. The van der Waals surface area contributed by atoms with Crippen molar-refractivity contribution in [1.29, 1.82) is 0 Å². The van der Waals surface area contributed by atoms with E-state index in [-0.39, 0.29) is 16.3 Å². The first kappa shape index (κ1) is 10.7. The molecule has 1 aromatic rings. The maximum Gasteiger partial charge on any atom is 0.339 e. The second kappa shape index (κ2) is 4.19. The molecule has 1 rings (SSSR count). The molecule has 0 bridgehead atoms. The van der Waals surface area contributed by atoms with E-state index in [4.69, 9.17) is 11.6 Å². The van der Waals surface area contributed by atoms with Crippen LogP contribution in [-0.4, -0.2) is 13.1 Å². The monoisotopic (exact) mass is 213 g/mol. The van der Waals surface area contributed by atoms with Crippen LogP contribution in [0.2, 0.25) is 5.02 Å². The molecular weight excluding hydrogens is 206 g/mol. The molecule has 5 heteroatoms. The average Bonchev–Trinajstić information content (AvgIpc) is 2.20. The second-order valence-electron chi connectivity index (χ2n) is 2.71. The second-order valence-corrected chi connectivity index (χ2v) is 3.09. The third kappa shape index (κ3) is 1.90. The van der Waals surface area contributed by atoms with Crippen molar-refractivity contribution in [2.24, 2.45) is 5.18 Å². The third-order valence-electron chi connectivity index (χ3n) is 1.75. The number of benzene rings is 1. The van der Waals surface area contributed by atoms with Crippen molar-refractivity contribution in [3.8, 4) is 0 Å². The molecule has 1 aromatic carbocycles. The molecule has 14 heavy (non-hydrogen) atoms. The maximum absolute atomic E-state index is 11.2. The van der Waals surface area contributed by atoms with E-state index in [0.29, 0.717) is 5.56 Å². The quantitative estimate of drug-likeness (QED) is 0.561. The summed E-state index contributed by atoms with van der Waals surface area (Å²) >= 11 is 5.85.